The van der Waals surface area contributed by atoms with Crippen LogP contribution in [0.1, 0.15) is 18.5 Å². The maximum absolute atomic E-state index is 12.9. The van der Waals surface area contributed by atoms with Gasteiger partial charge in [0, 0.05) is 19.6 Å². The van der Waals surface area contributed by atoms with Crippen LogP contribution >= 0.6 is 0 Å². The summed E-state index contributed by atoms with van der Waals surface area (Å²) >= 11 is 0. The van der Waals surface area contributed by atoms with Gasteiger partial charge in [-0.1, -0.05) is 12.1 Å². The number of urea groups is 1. The molecule has 0 heterocycles. The fraction of sp³-hybridized carbons (Fsp3) is 0.533. The van der Waals surface area contributed by atoms with Crippen LogP contribution in [0.4, 0.5) is 9.18 Å². The third-order valence-corrected chi connectivity index (χ3v) is 3.18. The van der Waals surface area contributed by atoms with Gasteiger partial charge in [0.15, 0.2) is 0 Å². The Morgan fingerprint density at radius 2 is 1.86 bits per heavy atom. The number of rotatable bonds is 7. The first kappa shape index (κ1) is 17.4. The van der Waals surface area contributed by atoms with Crippen LogP contribution < -0.4 is 5.32 Å². The van der Waals surface area contributed by atoms with E-state index in [1.54, 1.807) is 17.0 Å². The maximum atomic E-state index is 12.9. The molecule has 0 unspecified atom stereocenters. The second kappa shape index (κ2) is 8.59. The minimum atomic E-state index is -0.301. The molecule has 1 aromatic carbocycles. The number of carbonyl (C=O) groups excluding carboxylic acids is 1. The summed E-state index contributed by atoms with van der Waals surface area (Å²) in [6.45, 7) is 3.31. The lowest BCUT2D eigenvalue weighted by atomic mass is 10.1. The third kappa shape index (κ3) is 6.10. The highest BCUT2D eigenvalue weighted by Crippen LogP contribution is 2.13. The zero-order valence-electron chi connectivity index (χ0n) is 12.8. The number of aliphatic hydroxyl groups is 1. The van der Waals surface area contributed by atoms with Gasteiger partial charge in [0.05, 0.1) is 12.6 Å². The Kier molecular flexibility index (Phi) is 7.11. The zero-order valence-corrected chi connectivity index (χ0v) is 12.8. The van der Waals surface area contributed by atoms with Crippen molar-refractivity contribution < 1.29 is 14.3 Å². The number of hydrogen-bond acceptors (Lipinski definition) is 3. The van der Waals surface area contributed by atoms with E-state index in [-0.39, 0.29) is 31.0 Å². The molecule has 0 radical (unpaired) electrons. The first-order valence-electron chi connectivity index (χ1n) is 7.00. The second-order valence-corrected chi connectivity index (χ2v) is 5.24. The second-order valence-electron chi connectivity index (χ2n) is 5.24. The van der Waals surface area contributed by atoms with Crippen LogP contribution in [-0.2, 0) is 0 Å². The van der Waals surface area contributed by atoms with Crippen molar-refractivity contribution in [1.29, 1.82) is 0 Å². The van der Waals surface area contributed by atoms with Crippen LogP contribution in [0.3, 0.4) is 0 Å². The Labute approximate surface area is 125 Å². The van der Waals surface area contributed by atoms with Crippen LogP contribution in [0, 0.1) is 5.82 Å². The Balaban J connectivity index is 2.60. The molecule has 0 aliphatic rings. The Morgan fingerprint density at radius 1 is 1.24 bits per heavy atom. The summed E-state index contributed by atoms with van der Waals surface area (Å²) in [4.78, 5) is 15.8. The van der Waals surface area contributed by atoms with Crippen LogP contribution in [0.15, 0.2) is 24.3 Å². The van der Waals surface area contributed by atoms with E-state index >= 15 is 0 Å². The van der Waals surface area contributed by atoms with Gasteiger partial charge < -0.3 is 20.2 Å². The highest BCUT2D eigenvalue weighted by molar-refractivity contribution is 5.74. The summed E-state index contributed by atoms with van der Waals surface area (Å²) in [6, 6.07) is 5.58. The number of halogens is 1. The van der Waals surface area contributed by atoms with Gasteiger partial charge in [-0.05, 0) is 38.7 Å². The molecule has 0 aliphatic heterocycles. The standard InChI is InChI=1S/C15H24FN3O2/c1-12(13-4-6-14(16)7-5-13)17-15(21)19(10-11-20)9-8-18(2)3/h4-7,12,20H,8-11H2,1-3H3,(H,17,21)/t12-/m0/s1. The molecular weight excluding hydrogens is 273 g/mol. The highest BCUT2D eigenvalue weighted by Gasteiger charge is 2.16. The largest absolute Gasteiger partial charge is 0.395 e. The van der Waals surface area contributed by atoms with Gasteiger partial charge in [0.25, 0.3) is 0 Å². The molecule has 0 saturated heterocycles. The molecule has 0 saturated carbocycles. The minimum absolute atomic E-state index is 0.0776. The lowest BCUT2D eigenvalue weighted by Gasteiger charge is -2.26. The van der Waals surface area contributed by atoms with E-state index in [0.717, 1.165) is 12.1 Å². The van der Waals surface area contributed by atoms with Crippen molar-refractivity contribution in [3.63, 3.8) is 0 Å². The number of likely N-dealkylation sites (N-methyl/N-ethyl adjacent to an activating group) is 1. The van der Waals surface area contributed by atoms with E-state index in [1.165, 1.54) is 12.1 Å². The lowest BCUT2D eigenvalue weighted by molar-refractivity contribution is 0.168. The molecule has 21 heavy (non-hydrogen) atoms. The molecule has 0 aromatic heterocycles. The van der Waals surface area contributed by atoms with Crippen molar-refractivity contribution >= 4 is 6.03 Å². The summed E-state index contributed by atoms with van der Waals surface area (Å²) in [5, 5.41) is 11.9. The van der Waals surface area contributed by atoms with Gasteiger partial charge >= 0.3 is 6.03 Å². The molecular formula is C15H24FN3O2. The molecule has 0 bridgehead atoms. The molecule has 118 valence electrons. The SMILES string of the molecule is C[C@H](NC(=O)N(CCO)CCN(C)C)c1ccc(F)cc1. The molecule has 1 aromatic rings. The molecule has 1 rings (SSSR count). The van der Waals surface area contributed by atoms with E-state index in [9.17, 15) is 9.18 Å². The summed E-state index contributed by atoms with van der Waals surface area (Å²) in [5.41, 5.74) is 0.835. The predicted octanol–water partition coefficient (Wildman–Crippen LogP) is 1.45. The van der Waals surface area contributed by atoms with Crippen LogP contribution in [-0.4, -0.2) is 61.3 Å². The zero-order chi connectivity index (χ0) is 15.8. The summed E-state index contributed by atoms with van der Waals surface area (Å²) < 4.78 is 12.9. The molecule has 2 N–H and O–H groups in total. The number of nitrogens with zero attached hydrogens (tertiary/aromatic N) is 2. The van der Waals surface area contributed by atoms with Gasteiger partial charge in [-0.3, -0.25) is 0 Å². The molecule has 0 aliphatic carbocycles. The fourth-order valence-electron chi connectivity index (χ4n) is 1.87. The van der Waals surface area contributed by atoms with E-state index < -0.39 is 0 Å². The molecule has 5 nitrogen and oxygen atoms in total. The van der Waals surface area contributed by atoms with Gasteiger partial charge in [-0.15, -0.1) is 0 Å². The third-order valence-electron chi connectivity index (χ3n) is 3.18. The monoisotopic (exact) mass is 297 g/mol. The van der Waals surface area contributed by atoms with Crippen LogP contribution in [0.5, 0.6) is 0 Å². The Hall–Kier alpha value is -1.66. The van der Waals surface area contributed by atoms with Gasteiger partial charge in [-0.2, -0.15) is 0 Å². The van der Waals surface area contributed by atoms with Crippen LogP contribution in [0.25, 0.3) is 0 Å². The topological polar surface area (TPSA) is 55.8 Å². The lowest BCUT2D eigenvalue weighted by Crippen LogP contribution is -2.45. The van der Waals surface area contributed by atoms with Crippen molar-refractivity contribution in [1.82, 2.24) is 15.1 Å². The maximum Gasteiger partial charge on any atom is 0.317 e. The van der Waals surface area contributed by atoms with Gasteiger partial charge in [-0.25, -0.2) is 9.18 Å². The van der Waals surface area contributed by atoms with Crippen molar-refractivity contribution in [3.05, 3.63) is 35.6 Å². The fourth-order valence-corrected chi connectivity index (χ4v) is 1.87. The van der Waals surface area contributed by atoms with Crippen molar-refractivity contribution in [3.8, 4) is 0 Å². The summed E-state index contributed by atoms with van der Waals surface area (Å²) in [6.07, 6.45) is 0. The van der Waals surface area contributed by atoms with E-state index in [2.05, 4.69) is 5.32 Å². The minimum Gasteiger partial charge on any atom is -0.395 e. The number of aliphatic hydroxyl groups excluding tert-OH is 1. The Bertz CT molecular complexity index is 437. The van der Waals surface area contributed by atoms with Crippen molar-refractivity contribution in [2.24, 2.45) is 0 Å². The molecule has 6 heteroatoms. The number of nitrogens with one attached hydrogen (secondary N) is 1. The summed E-state index contributed by atoms with van der Waals surface area (Å²) in [5.74, 6) is -0.301. The van der Waals surface area contributed by atoms with Crippen LogP contribution in [0.2, 0.25) is 0 Å². The number of carbonyl (C=O) groups is 1. The quantitative estimate of drug-likeness (QED) is 0.801. The van der Waals surface area contributed by atoms with Gasteiger partial charge in [0.2, 0.25) is 0 Å². The predicted molar refractivity (Wildman–Crippen MR) is 80.6 cm³/mol. The molecule has 0 fully saturated rings. The summed E-state index contributed by atoms with van der Waals surface area (Å²) in [7, 11) is 3.85. The molecule has 2 amide bonds. The van der Waals surface area contributed by atoms with E-state index in [0.29, 0.717) is 6.54 Å². The number of benzene rings is 1. The van der Waals surface area contributed by atoms with Crippen molar-refractivity contribution in [2.75, 3.05) is 40.3 Å². The number of hydrogen-bond donors (Lipinski definition) is 2. The average Bonchev–Trinajstić information content (AvgIpc) is 2.43. The first-order chi connectivity index (χ1) is 9.93. The van der Waals surface area contributed by atoms with E-state index in [1.807, 2.05) is 25.9 Å². The highest BCUT2D eigenvalue weighted by atomic mass is 19.1. The van der Waals surface area contributed by atoms with Gasteiger partial charge in [0.1, 0.15) is 5.82 Å². The Morgan fingerprint density at radius 3 is 2.38 bits per heavy atom. The van der Waals surface area contributed by atoms with Crippen molar-refractivity contribution in [2.45, 2.75) is 13.0 Å². The normalized spacial score (nSPS) is 12.3. The number of amides is 2. The van der Waals surface area contributed by atoms with E-state index in [4.69, 9.17) is 5.11 Å². The molecule has 1 atom stereocenters. The average molecular weight is 297 g/mol. The first-order valence-corrected chi connectivity index (χ1v) is 7.00. The smallest absolute Gasteiger partial charge is 0.317 e. The molecule has 0 spiro atoms.